The SMILES string of the molecule is CCOc1cccc(NC(=O)NCc2ccccn2)n1. The van der Waals surface area contributed by atoms with Crippen molar-refractivity contribution in [3.8, 4) is 5.88 Å². The van der Waals surface area contributed by atoms with Crippen LogP contribution in [0.15, 0.2) is 42.6 Å². The minimum Gasteiger partial charge on any atom is -0.478 e. The predicted octanol–water partition coefficient (Wildman–Crippen LogP) is 2.20. The van der Waals surface area contributed by atoms with Crippen molar-refractivity contribution in [2.45, 2.75) is 13.5 Å². The van der Waals surface area contributed by atoms with E-state index in [4.69, 9.17) is 4.74 Å². The lowest BCUT2D eigenvalue weighted by molar-refractivity contribution is 0.251. The summed E-state index contributed by atoms with van der Waals surface area (Å²) in [6.07, 6.45) is 1.68. The molecule has 0 atom stereocenters. The zero-order valence-electron chi connectivity index (χ0n) is 11.2. The molecule has 0 spiro atoms. The number of nitrogens with one attached hydrogen (secondary N) is 2. The van der Waals surface area contributed by atoms with E-state index in [9.17, 15) is 4.79 Å². The molecule has 6 nitrogen and oxygen atoms in total. The molecule has 0 bridgehead atoms. The molecule has 20 heavy (non-hydrogen) atoms. The van der Waals surface area contributed by atoms with Gasteiger partial charge in [0.25, 0.3) is 0 Å². The average Bonchev–Trinajstić information content (AvgIpc) is 2.47. The van der Waals surface area contributed by atoms with E-state index in [1.807, 2.05) is 25.1 Å². The van der Waals surface area contributed by atoms with Crippen molar-refractivity contribution >= 4 is 11.8 Å². The highest BCUT2D eigenvalue weighted by atomic mass is 16.5. The number of amides is 2. The summed E-state index contributed by atoms with van der Waals surface area (Å²) in [4.78, 5) is 20.0. The lowest BCUT2D eigenvalue weighted by Crippen LogP contribution is -2.28. The van der Waals surface area contributed by atoms with Gasteiger partial charge in [0.15, 0.2) is 0 Å². The van der Waals surface area contributed by atoms with Crippen molar-refractivity contribution in [1.29, 1.82) is 0 Å². The summed E-state index contributed by atoms with van der Waals surface area (Å²) in [6, 6.07) is 10.4. The Morgan fingerprint density at radius 3 is 2.90 bits per heavy atom. The van der Waals surface area contributed by atoms with Crippen LogP contribution in [0.3, 0.4) is 0 Å². The van der Waals surface area contributed by atoms with E-state index in [-0.39, 0.29) is 6.03 Å². The highest BCUT2D eigenvalue weighted by molar-refractivity contribution is 5.88. The summed E-state index contributed by atoms with van der Waals surface area (Å²) in [5.41, 5.74) is 0.790. The second-order valence-corrected chi connectivity index (χ2v) is 3.92. The van der Waals surface area contributed by atoms with Crippen LogP contribution in [0.2, 0.25) is 0 Å². The predicted molar refractivity (Wildman–Crippen MR) is 75.5 cm³/mol. The maximum atomic E-state index is 11.7. The molecule has 104 valence electrons. The van der Waals surface area contributed by atoms with Crippen LogP contribution in [0.1, 0.15) is 12.6 Å². The molecule has 0 aliphatic heterocycles. The number of urea groups is 1. The molecule has 0 aromatic carbocycles. The zero-order valence-corrected chi connectivity index (χ0v) is 11.2. The normalized spacial score (nSPS) is 9.85. The Balaban J connectivity index is 1.86. The molecule has 2 aromatic rings. The Labute approximate surface area is 117 Å². The minimum absolute atomic E-state index is 0.336. The van der Waals surface area contributed by atoms with Crippen LogP contribution < -0.4 is 15.4 Å². The quantitative estimate of drug-likeness (QED) is 0.874. The Bertz CT molecular complexity index is 560. The number of carbonyl (C=O) groups excluding carboxylic acids is 1. The largest absolute Gasteiger partial charge is 0.478 e. The summed E-state index contributed by atoms with van der Waals surface area (Å²) in [6.45, 7) is 2.77. The van der Waals surface area contributed by atoms with Gasteiger partial charge in [-0.25, -0.2) is 4.79 Å². The fraction of sp³-hybridized carbons (Fsp3) is 0.214. The molecule has 6 heteroatoms. The number of rotatable bonds is 5. The van der Waals surface area contributed by atoms with Gasteiger partial charge in [0.2, 0.25) is 5.88 Å². The van der Waals surface area contributed by atoms with Crippen molar-refractivity contribution in [2.24, 2.45) is 0 Å². The lowest BCUT2D eigenvalue weighted by atomic mass is 10.3. The van der Waals surface area contributed by atoms with Gasteiger partial charge in [-0.15, -0.1) is 0 Å². The summed E-state index contributed by atoms with van der Waals surface area (Å²) in [5, 5.41) is 5.35. The van der Waals surface area contributed by atoms with Crippen LogP contribution in [-0.4, -0.2) is 22.6 Å². The third-order valence-corrected chi connectivity index (χ3v) is 2.41. The van der Waals surface area contributed by atoms with E-state index in [1.165, 1.54) is 0 Å². The molecular weight excluding hydrogens is 256 g/mol. The molecule has 0 aliphatic rings. The molecule has 2 N–H and O–H groups in total. The second-order valence-electron chi connectivity index (χ2n) is 3.92. The Morgan fingerprint density at radius 1 is 1.25 bits per heavy atom. The van der Waals surface area contributed by atoms with Crippen LogP contribution in [0.5, 0.6) is 5.88 Å². The van der Waals surface area contributed by atoms with Gasteiger partial charge >= 0.3 is 6.03 Å². The maximum Gasteiger partial charge on any atom is 0.320 e. The monoisotopic (exact) mass is 272 g/mol. The van der Waals surface area contributed by atoms with Gasteiger partial charge in [-0.3, -0.25) is 10.3 Å². The molecule has 2 amide bonds. The summed E-state index contributed by atoms with van der Waals surface area (Å²) >= 11 is 0. The first-order valence-electron chi connectivity index (χ1n) is 6.32. The molecule has 0 fully saturated rings. The van der Waals surface area contributed by atoms with E-state index in [0.29, 0.717) is 24.8 Å². The van der Waals surface area contributed by atoms with Crippen molar-refractivity contribution in [2.75, 3.05) is 11.9 Å². The number of hydrogen-bond donors (Lipinski definition) is 2. The standard InChI is InChI=1S/C14H16N4O2/c1-2-20-13-8-5-7-12(17-13)18-14(19)16-10-11-6-3-4-9-15-11/h3-9H,2,10H2,1H3,(H2,16,17,18,19). The first-order valence-corrected chi connectivity index (χ1v) is 6.32. The minimum atomic E-state index is -0.336. The molecule has 0 unspecified atom stereocenters. The lowest BCUT2D eigenvalue weighted by Gasteiger charge is -2.08. The summed E-state index contributed by atoms with van der Waals surface area (Å²) in [7, 11) is 0. The molecule has 2 rings (SSSR count). The zero-order chi connectivity index (χ0) is 14.2. The molecule has 0 radical (unpaired) electrons. The Kier molecular flexibility index (Phi) is 4.88. The molecule has 2 heterocycles. The molecular formula is C14H16N4O2. The second kappa shape index (κ2) is 7.08. The van der Waals surface area contributed by atoms with Gasteiger partial charge in [0.05, 0.1) is 18.8 Å². The van der Waals surface area contributed by atoms with E-state index in [0.717, 1.165) is 5.69 Å². The maximum absolute atomic E-state index is 11.7. The average molecular weight is 272 g/mol. The molecule has 0 aliphatic carbocycles. The first kappa shape index (κ1) is 13.8. The molecule has 2 aromatic heterocycles. The van der Waals surface area contributed by atoms with Gasteiger partial charge in [0.1, 0.15) is 5.82 Å². The topological polar surface area (TPSA) is 76.1 Å². The van der Waals surface area contributed by atoms with Crippen LogP contribution in [0.25, 0.3) is 0 Å². The van der Waals surface area contributed by atoms with Gasteiger partial charge < -0.3 is 10.1 Å². The van der Waals surface area contributed by atoms with E-state index in [1.54, 1.807) is 24.4 Å². The van der Waals surface area contributed by atoms with Crippen molar-refractivity contribution in [3.05, 3.63) is 48.3 Å². The van der Waals surface area contributed by atoms with Gasteiger partial charge in [0, 0.05) is 12.3 Å². The molecule has 0 saturated heterocycles. The number of nitrogens with zero attached hydrogens (tertiary/aromatic N) is 2. The van der Waals surface area contributed by atoms with E-state index in [2.05, 4.69) is 20.6 Å². The summed E-state index contributed by atoms with van der Waals surface area (Å²) in [5.74, 6) is 0.921. The summed E-state index contributed by atoms with van der Waals surface area (Å²) < 4.78 is 5.26. The Morgan fingerprint density at radius 2 is 2.15 bits per heavy atom. The third kappa shape index (κ3) is 4.24. The van der Waals surface area contributed by atoms with Crippen LogP contribution in [-0.2, 0) is 6.54 Å². The van der Waals surface area contributed by atoms with Gasteiger partial charge in [-0.1, -0.05) is 12.1 Å². The number of aromatic nitrogens is 2. The Hall–Kier alpha value is -2.63. The number of hydrogen-bond acceptors (Lipinski definition) is 4. The van der Waals surface area contributed by atoms with Crippen molar-refractivity contribution in [3.63, 3.8) is 0 Å². The molecule has 0 saturated carbocycles. The van der Waals surface area contributed by atoms with Crippen molar-refractivity contribution in [1.82, 2.24) is 15.3 Å². The number of anilines is 1. The van der Waals surface area contributed by atoms with Gasteiger partial charge in [-0.05, 0) is 25.1 Å². The van der Waals surface area contributed by atoms with Crippen LogP contribution in [0.4, 0.5) is 10.6 Å². The number of pyridine rings is 2. The van der Waals surface area contributed by atoms with Gasteiger partial charge in [-0.2, -0.15) is 4.98 Å². The number of carbonyl (C=O) groups is 1. The first-order chi connectivity index (χ1) is 9.78. The van der Waals surface area contributed by atoms with E-state index >= 15 is 0 Å². The van der Waals surface area contributed by atoms with Crippen molar-refractivity contribution < 1.29 is 9.53 Å². The number of ether oxygens (including phenoxy) is 1. The van der Waals surface area contributed by atoms with Crippen LogP contribution >= 0.6 is 0 Å². The highest BCUT2D eigenvalue weighted by Crippen LogP contribution is 2.11. The van der Waals surface area contributed by atoms with E-state index < -0.39 is 0 Å². The van der Waals surface area contributed by atoms with Crippen LogP contribution in [0, 0.1) is 0 Å². The highest BCUT2D eigenvalue weighted by Gasteiger charge is 2.04. The smallest absolute Gasteiger partial charge is 0.320 e. The fourth-order valence-corrected chi connectivity index (χ4v) is 1.55. The fourth-order valence-electron chi connectivity index (χ4n) is 1.55. The third-order valence-electron chi connectivity index (χ3n) is 2.41.